The van der Waals surface area contributed by atoms with Gasteiger partial charge in [-0.15, -0.1) is 0 Å². The largest absolute Gasteiger partial charge is 0.360 e. The topological polar surface area (TPSA) is 66.9 Å². The molecule has 0 unspecified atom stereocenters. The summed E-state index contributed by atoms with van der Waals surface area (Å²) >= 11 is 0. The van der Waals surface area contributed by atoms with Gasteiger partial charge in [0.25, 0.3) is 0 Å². The van der Waals surface area contributed by atoms with Gasteiger partial charge >= 0.3 is 0 Å². The molecule has 3 aromatic rings. The molecule has 0 saturated carbocycles. The van der Waals surface area contributed by atoms with Crippen molar-refractivity contribution in [2.75, 3.05) is 18.4 Å². The summed E-state index contributed by atoms with van der Waals surface area (Å²) in [5.41, 5.74) is 0.879. The number of rotatable bonds is 6. The second-order valence-electron chi connectivity index (χ2n) is 6.73. The maximum atomic E-state index is 14.0. The molecule has 0 spiro atoms. The van der Waals surface area contributed by atoms with Crippen molar-refractivity contribution >= 4 is 22.6 Å². The number of aromatic nitrogens is 2. The molecule has 0 aliphatic rings. The Labute approximate surface area is 151 Å². The molecule has 5 nitrogen and oxygen atoms in total. The van der Waals surface area contributed by atoms with Gasteiger partial charge in [-0.1, -0.05) is 44.2 Å². The molecule has 6 heteroatoms. The number of carbonyl (C=O) groups is 1. The van der Waals surface area contributed by atoms with Gasteiger partial charge in [0.05, 0.1) is 12.1 Å². The van der Waals surface area contributed by atoms with E-state index < -0.39 is 5.41 Å². The zero-order valence-electron chi connectivity index (χ0n) is 14.8. The fourth-order valence-electron chi connectivity index (χ4n) is 2.80. The van der Waals surface area contributed by atoms with Crippen molar-refractivity contribution in [2.24, 2.45) is 0 Å². The molecule has 1 amide bonds. The Bertz CT molecular complexity index is 921. The van der Waals surface area contributed by atoms with Crippen LogP contribution >= 0.6 is 0 Å². The zero-order valence-corrected chi connectivity index (χ0v) is 14.8. The van der Waals surface area contributed by atoms with E-state index in [0.29, 0.717) is 17.9 Å². The van der Waals surface area contributed by atoms with Crippen LogP contribution < -0.4 is 10.6 Å². The predicted molar refractivity (Wildman–Crippen MR) is 100 cm³/mol. The van der Waals surface area contributed by atoms with Gasteiger partial charge in [-0.25, -0.2) is 14.4 Å². The number of amides is 1. The summed E-state index contributed by atoms with van der Waals surface area (Å²) in [5.74, 6) is 0.161. The maximum Gasteiger partial charge on any atom is 0.239 e. The fraction of sp³-hybridized carbons (Fsp3) is 0.250. The second-order valence-corrected chi connectivity index (χ2v) is 6.73. The number of para-hydroxylation sites is 1. The summed E-state index contributed by atoms with van der Waals surface area (Å²) < 4.78 is 14.0. The van der Waals surface area contributed by atoms with E-state index in [1.165, 1.54) is 12.4 Å². The molecular weight excluding hydrogens is 331 g/mol. The molecule has 0 aliphatic carbocycles. The zero-order chi connectivity index (χ0) is 18.6. The average molecular weight is 352 g/mol. The summed E-state index contributed by atoms with van der Waals surface area (Å²) in [6, 6.07) is 14.2. The van der Waals surface area contributed by atoms with Gasteiger partial charge in [0.2, 0.25) is 5.91 Å². The first-order valence-corrected chi connectivity index (χ1v) is 8.43. The molecular formula is C20H21FN4O. The molecule has 2 N–H and O–H groups in total. The molecule has 0 saturated heterocycles. The van der Waals surface area contributed by atoms with Crippen LogP contribution in [-0.2, 0) is 10.2 Å². The highest BCUT2D eigenvalue weighted by molar-refractivity contribution is 5.90. The Hall–Kier alpha value is -3.02. The number of carbonyl (C=O) groups excluding carboxylic acids is 1. The minimum atomic E-state index is -0.511. The first-order chi connectivity index (χ1) is 12.5. The van der Waals surface area contributed by atoms with Gasteiger partial charge < -0.3 is 10.6 Å². The summed E-state index contributed by atoms with van der Waals surface area (Å²) in [6.45, 7) is 4.21. The second kappa shape index (κ2) is 7.47. The Morgan fingerprint density at radius 1 is 1.08 bits per heavy atom. The van der Waals surface area contributed by atoms with Gasteiger partial charge in [-0.05, 0) is 23.8 Å². The number of halogens is 1. The van der Waals surface area contributed by atoms with Gasteiger partial charge in [0.1, 0.15) is 18.0 Å². The Morgan fingerprint density at radius 2 is 1.81 bits per heavy atom. The molecule has 0 bridgehead atoms. The van der Waals surface area contributed by atoms with Crippen LogP contribution in [0.3, 0.4) is 0 Å². The summed E-state index contributed by atoms with van der Waals surface area (Å²) in [6.07, 6.45) is 1.46. The number of nitrogens with zero attached hydrogens (tertiary/aromatic N) is 2. The van der Waals surface area contributed by atoms with Crippen molar-refractivity contribution in [1.29, 1.82) is 0 Å². The molecule has 134 valence electrons. The highest BCUT2D eigenvalue weighted by Gasteiger charge is 2.24. The third-order valence-electron chi connectivity index (χ3n) is 4.29. The summed E-state index contributed by atoms with van der Waals surface area (Å²) in [5, 5.41) is 6.75. The number of hydrogen-bond acceptors (Lipinski definition) is 4. The standard InChI is InChI=1S/C20H21FN4O/c1-20(2,15-8-4-5-9-16(15)21)12-23-18(26)11-22-19-14-7-3-6-10-17(14)24-13-25-19/h3-10,13H,11-12H2,1-2H3,(H,23,26)(H,22,24,25). The highest BCUT2D eigenvalue weighted by Crippen LogP contribution is 2.24. The minimum absolute atomic E-state index is 0.0777. The first-order valence-electron chi connectivity index (χ1n) is 8.43. The van der Waals surface area contributed by atoms with Gasteiger partial charge in [-0.3, -0.25) is 4.79 Å². The lowest BCUT2D eigenvalue weighted by atomic mass is 9.84. The highest BCUT2D eigenvalue weighted by atomic mass is 19.1. The minimum Gasteiger partial charge on any atom is -0.360 e. The lowest BCUT2D eigenvalue weighted by Crippen LogP contribution is -2.39. The molecule has 3 rings (SSSR count). The number of fused-ring (bicyclic) bond motifs is 1. The SMILES string of the molecule is CC(C)(CNC(=O)CNc1ncnc2ccccc12)c1ccccc1F. The van der Waals surface area contributed by atoms with Gasteiger partial charge in [0.15, 0.2) is 0 Å². The first kappa shape index (κ1) is 17.8. The lowest BCUT2D eigenvalue weighted by Gasteiger charge is -2.26. The van der Waals surface area contributed by atoms with Crippen molar-refractivity contribution in [2.45, 2.75) is 19.3 Å². The van der Waals surface area contributed by atoms with Crippen LogP contribution in [0.5, 0.6) is 0 Å². The van der Waals surface area contributed by atoms with Crippen molar-refractivity contribution in [3.63, 3.8) is 0 Å². The number of benzene rings is 2. The molecule has 0 atom stereocenters. The van der Waals surface area contributed by atoms with Crippen molar-refractivity contribution in [3.05, 3.63) is 66.2 Å². The van der Waals surface area contributed by atoms with Crippen LogP contribution in [0.1, 0.15) is 19.4 Å². The number of hydrogen-bond donors (Lipinski definition) is 2. The molecule has 0 aliphatic heterocycles. The summed E-state index contributed by atoms with van der Waals surface area (Å²) in [7, 11) is 0. The molecule has 0 radical (unpaired) electrons. The van der Waals surface area contributed by atoms with E-state index in [4.69, 9.17) is 0 Å². The third-order valence-corrected chi connectivity index (χ3v) is 4.29. The quantitative estimate of drug-likeness (QED) is 0.714. The van der Waals surface area contributed by atoms with E-state index in [0.717, 1.165) is 10.9 Å². The summed E-state index contributed by atoms with van der Waals surface area (Å²) in [4.78, 5) is 20.6. The fourth-order valence-corrected chi connectivity index (χ4v) is 2.80. The van der Waals surface area contributed by atoms with E-state index in [9.17, 15) is 9.18 Å². The van der Waals surface area contributed by atoms with E-state index >= 15 is 0 Å². The Morgan fingerprint density at radius 3 is 2.62 bits per heavy atom. The molecule has 0 fully saturated rings. The van der Waals surface area contributed by atoms with Gasteiger partial charge in [-0.2, -0.15) is 0 Å². The van der Waals surface area contributed by atoms with Crippen LogP contribution in [0.15, 0.2) is 54.9 Å². The van der Waals surface area contributed by atoms with Crippen molar-refractivity contribution in [1.82, 2.24) is 15.3 Å². The average Bonchev–Trinajstić information content (AvgIpc) is 2.65. The molecule has 26 heavy (non-hydrogen) atoms. The number of anilines is 1. The maximum absolute atomic E-state index is 14.0. The van der Waals surface area contributed by atoms with Crippen molar-refractivity contribution in [3.8, 4) is 0 Å². The lowest BCUT2D eigenvalue weighted by molar-refractivity contribution is -0.119. The Kier molecular flexibility index (Phi) is 5.11. The normalized spacial score (nSPS) is 11.3. The third kappa shape index (κ3) is 3.96. The Balaban J connectivity index is 1.60. The molecule has 1 aromatic heterocycles. The van der Waals surface area contributed by atoms with E-state index in [-0.39, 0.29) is 18.3 Å². The van der Waals surface area contributed by atoms with Crippen LogP contribution in [0, 0.1) is 5.82 Å². The molecule has 1 heterocycles. The predicted octanol–water partition coefficient (Wildman–Crippen LogP) is 3.27. The van der Waals surface area contributed by atoms with Crippen molar-refractivity contribution < 1.29 is 9.18 Å². The van der Waals surface area contributed by atoms with Crippen LogP contribution in [0.2, 0.25) is 0 Å². The molecule has 2 aromatic carbocycles. The van der Waals surface area contributed by atoms with Crippen LogP contribution in [-0.4, -0.2) is 29.0 Å². The van der Waals surface area contributed by atoms with Crippen LogP contribution in [0.4, 0.5) is 10.2 Å². The van der Waals surface area contributed by atoms with E-state index in [1.54, 1.807) is 18.2 Å². The van der Waals surface area contributed by atoms with Gasteiger partial charge in [0, 0.05) is 17.3 Å². The van der Waals surface area contributed by atoms with E-state index in [2.05, 4.69) is 20.6 Å². The van der Waals surface area contributed by atoms with Crippen LogP contribution in [0.25, 0.3) is 10.9 Å². The number of nitrogens with one attached hydrogen (secondary N) is 2. The van der Waals surface area contributed by atoms with E-state index in [1.807, 2.05) is 38.1 Å². The smallest absolute Gasteiger partial charge is 0.239 e. The monoisotopic (exact) mass is 352 g/mol.